The molecule has 0 amide bonds. The van der Waals surface area contributed by atoms with Crippen molar-refractivity contribution in [3.8, 4) is 5.69 Å². The molecule has 1 aromatic carbocycles. The van der Waals surface area contributed by atoms with Crippen LogP contribution in [0, 0.1) is 0 Å². The number of aromatic nitrogens is 5. The molecule has 0 radical (unpaired) electrons. The summed E-state index contributed by atoms with van der Waals surface area (Å²) in [6, 6.07) is 8.75. The SMILES string of the molecule is CC(O)c1cc(Nc2nccc3nn(-c4c(Cl)cccc4Cl)cc23)ncn1. The second kappa shape index (κ2) is 7.11. The zero-order chi connectivity index (χ0) is 19.0. The van der Waals surface area contributed by atoms with Crippen LogP contribution in [-0.2, 0) is 0 Å². The van der Waals surface area contributed by atoms with Crippen LogP contribution >= 0.6 is 23.2 Å². The first-order valence-electron chi connectivity index (χ1n) is 8.09. The van der Waals surface area contributed by atoms with Crippen LogP contribution in [0.15, 0.2) is 49.1 Å². The third-order valence-electron chi connectivity index (χ3n) is 3.96. The Labute approximate surface area is 164 Å². The minimum atomic E-state index is -0.692. The smallest absolute Gasteiger partial charge is 0.142 e. The average Bonchev–Trinajstić information content (AvgIpc) is 3.06. The molecule has 0 aliphatic rings. The number of para-hydroxylation sites is 1. The fourth-order valence-electron chi connectivity index (χ4n) is 2.66. The minimum Gasteiger partial charge on any atom is -0.387 e. The summed E-state index contributed by atoms with van der Waals surface area (Å²) in [5, 5.41) is 19.1. The van der Waals surface area contributed by atoms with Gasteiger partial charge in [0.2, 0.25) is 0 Å². The molecule has 27 heavy (non-hydrogen) atoms. The van der Waals surface area contributed by atoms with Crippen molar-refractivity contribution in [2.24, 2.45) is 0 Å². The Balaban J connectivity index is 1.77. The summed E-state index contributed by atoms with van der Waals surface area (Å²) in [4.78, 5) is 12.6. The van der Waals surface area contributed by atoms with Crippen LogP contribution in [0.4, 0.5) is 11.6 Å². The van der Waals surface area contributed by atoms with Gasteiger partial charge in [-0.05, 0) is 25.1 Å². The molecule has 0 aliphatic heterocycles. The summed E-state index contributed by atoms with van der Waals surface area (Å²) >= 11 is 12.6. The van der Waals surface area contributed by atoms with Gasteiger partial charge in [-0.2, -0.15) is 5.10 Å². The summed E-state index contributed by atoms with van der Waals surface area (Å²) in [6.07, 6.45) is 4.14. The summed E-state index contributed by atoms with van der Waals surface area (Å²) in [6.45, 7) is 1.64. The number of halogens is 2. The molecular weight excluding hydrogens is 387 g/mol. The lowest BCUT2D eigenvalue weighted by molar-refractivity contribution is 0.194. The maximum atomic E-state index is 9.70. The summed E-state index contributed by atoms with van der Waals surface area (Å²) in [5.74, 6) is 1.08. The third kappa shape index (κ3) is 3.44. The van der Waals surface area contributed by atoms with Gasteiger partial charge < -0.3 is 10.4 Å². The number of hydrogen-bond acceptors (Lipinski definition) is 6. The van der Waals surface area contributed by atoms with Gasteiger partial charge in [0, 0.05) is 18.5 Å². The highest BCUT2D eigenvalue weighted by Crippen LogP contribution is 2.31. The van der Waals surface area contributed by atoms with Crippen molar-refractivity contribution >= 4 is 45.7 Å². The number of nitrogens with one attached hydrogen (secondary N) is 1. The molecule has 136 valence electrons. The Kier molecular flexibility index (Phi) is 4.65. The number of fused-ring (bicyclic) bond motifs is 1. The van der Waals surface area contributed by atoms with Crippen molar-refractivity contribution in [2.45, 2.75) is 13.0 Å². The Bertz CT molecular complexity index is 1110. The van der Waals surface area contributed by atoms with E-state index in [0.29, 0.717) is 38.6 Å². The summed E-state index contributed by atoms with van der Waals surface area (Å²) in [7, 11) is 0. The Hall–Kier alpha value is -2.74. The maximum absolute atomic E-state index is 9.70. The standard InChI is InChI=1S/C18H14Cl2N6O/c1-10(27)15-7-16(23-9-22-15)24-18-11-8-26(25-14(11)5-6-21-18)17-12(19)3-2-4-13(17)20/h2-10,27H,1H3,(H,21,22,23,24). The minimum absolute atomic E-state index is 0.496. The third-order valence-corrected chi connectivity index (χ3v) is 4.57. The van der Waals surface area contributed by atoms with E-state index in [-0.39, 0.29) is 0 Å². The van der Waals surface area contributed by atoms with E-state index in [9.17, 15) is 5.11 Å². The fourth-order valence-corrected chi connectivity index (χ4v) is 3.23. The van der Waals surface area contributed by atoms with Gasteiger partial charge in [-0.15, -0.1) is 0 Å². The predicted octanol–water partition coefficient (Wildman–Crippen LogP) is 4.31. The molecule has 1 atom stereocenters. The second-order valence-electron chi connectivity index (χ2n) is 5.87. The second-order valence-corrected chi connectivity index (χ2v) is 6.68. The van der Waals surface area contributed by atoms with E-state index in [4.69, 9.17) is 23.2 Å². The van der Waals surface area contributed by atoms with E-state index in [1.165, 1.54) is 6.33 Å². The van der Waals surface area contributed by atoms with E-state index in [1.54, 1.807) is 54.3 Å². The number of anilines is 2. The molecule has 4 rings (SSSR count). The van der Waals surface area contributed by atoms with E-state index >= 15 is 0 Å². The molecule has 9 heteroatoms. The molecule has 4 aromatic rings. The molecule has 0 bridgehead atoms. The molecule has 0 saturated carbocycles. The topological polar surface area (TPSA) is 88.8 Å². The van der Waals surface area contributed by atoms with Gasteiger partial charge in [-0.25, -0.2) is 19.6 Å². The number of nitrogens with zero attached hydrogens (tertiary/aromatic N) is 5. The molecule has 1 unspecified atom stereocenters. The van der Waals surface area contributed by atoms with Gasteiger partial charge in [0.05, 0.1) is 32.7 Å². The number of benzene rings is 1. The zero-order valence-corrected chi connectivity index (χ0v) is 15.6. The normalized spacial score (nSPS) is 12.3. The van der Waals surface area contributed by atoms with Crippen LogP contribution in [-0.4, -0.2) is 29.8 Å². The van der Waals surface area contributed by atoms with Crippen molar-refractivity contribution < 1.29 is 5.11 Å². The first-order chi connectivity index (χ1) is 13.0. The average molecular weight is 401 g/mol. The Morgan fingerprint density at radius 1 is 1.11 bits per heavy atom. The van der Waals surface area contributed by atoms with Crippen molar-refractivity contribution in [1.82, 2.24) is 24.7 Å². The van der Waals surface area contributed by atoms with E-state index in [0.717, 1.165) is 5.39 Å². The maximum Gasteiger partial charge on any atom is 0.142 e. The van der Waals surface area contributed by atoms with Crippen molar-refractivity contribution in [1.29, 1.82) is 0 Å². The quantitative estimate of drug-likeness (QED) is 0.530. The van der Waals surface area contributed by atoms with Crippen LogP contribution in [0.25, 0.3) is 16.6 Å². The van der Waals surface area contributed by atoms with Crippen molar-refractivity contribution in [3.05, 3.63) is 64.8 Å². The zero-order valence-electron chi connectivity index (χ0n) is 14.1. The number of hydrogen-bond donors (Lipinski definition) is 2. The lowest BCUT2D eigenvalue weighted by Gasteiger charge is -2.08. The first-order valence-corrected chi connectivity index (χ1v) is 8.84. The van der Waals surface area contributed by atoms with Gasteiger partial charge in [0.15, 0.2) is 0 Å². The van der Waals surface area contributed by atoms with Crippen LogP contribution in [0.2, 0.25) is 10.0 Å². The molecule has 0 fully saturated rings. The number of pyridine rings is 1. The van der Waals surface area contributed by atoms with Gasteiger partial charge >= 0.3 is 0 Å². The molecule has 0 spiro atoms. The van der Waals surface area contributed by atoms with E-state index < -0.39 is 6.10 Å². The molecule has 2 N–H and O–H groups in total. The fraction of sp³-hybridized carbons (Fsp3) is 0.111. The molecule has 7 nitrogen and oxygen atoms in total. The van der Waals surface area contributed by atoms with Gasteiger partial charge in [-0.1, -0.05) is 29.3 Å². The highest BCUT2D eigenvalue weighted by molar-refractivity contribution is 6.37. The van der Waals surface area contributed by atoms with E-state index in [1.807, 2.05) is 0 Å². The van der Waals surface area contributed by atoms with E-state index in [2.05, 4.69) is 25.4 Å². The predicted molar refractivity (Wildman–Crippen MR) is 105 cm³/mol. The highest BCUT2D eigenvalue weighted by Gasteiger charge is 2.14. The number of aliphatic hydroxyl groups excluding tert-OH is 1. The van der Waals surface area contributed by atoms with Crippen molar-refractivity contribution in [3.63, 3.8) is 0 Å². The summed E-state index contributed by atoms with van der Waals surface area (Å²) in [5.41, 5.74) is 1.83. The molecule has 3 aromatic heterocycles. The molecule has 0 saturated heterocycles. The van der Waals surface area contributed by atoms with Crippen LogP contribution < -0.4 is 5.32 Å². The Morgan fingerprint density at radius 3 is 2.63 bits per heavy atom. The Morgan fingerprint density at radius 2 is 1.89 bits per heavy atom. The largest absolute Gasteiger partial charge is 0.387 e. The molecule has 3 heterocycles. The first kappa shape index (κ1) is 17.7. The van der Waals surface area contributed by atoms with Gasteiger partial charge in [-0.3, -0.25) is 0 Å². The van der Waals surface area contributed by atoms with Gasteiger partial charge in [0.1, 0.15) is 23.7 Å². The molecule has 0 aliphatic carbocycles. The highest BCUT2D eigenvalue weighted by atomic mass is 35.5. The van der Waals surface area contributed by atoms with Crippen LogP contribution in [0.3, 0.4) is 0 Å². The van der Waals surface area contributed by atoms with Crippen LogP contribution in [0.1, 0.15) is 18.7 Å². The lowest BCUT2D eigenvalue weighted by atomic mass is 10.2. The lowest BCUT2D eigenvalue weighted by Crippen LogP contribution is -2.01. The van der Waals surface area contributed by atoms with Crippen LogP contribution in [0.5, 0.6) is 0 Å². The monoisotopic (exact) mass is 400 g/mol. The number of rotatable bonds is 4. The summed E-state index contributed by atoms with van der Waals surface area (Å²) < 4.78 is 1.63. The van der Waals surface area contributed by atoms with Crippen molar-refractivity contribution in [2.75, 3.05) is 5.32 Å². The molecular formula is C18H14Cl2N6O. The van der Waals surface area contributed by atoms with Gasteiger partial charge in [0.25, 0.3) is 0 Å². The number of aliphatic hydroxyl groups is 1.